The van der Waals surface area contributed by atoms with Gasteiger partial charge >= 0.3 is 11.3 Å². The van der Waals surface area contributed by atoms with Gasteiger partial charge in [0.15, 0.2) is 0 Å². The van der Waals surface area contributed by atoms with E-state index in [-0.39, 0.29) is 0 Å². The second kappa shape index (κ2) is 19.2. The summed E-state index contributed by atoms with van der Waals surface area (Å²) in [4.78, 5) is 0. The molecule has 1 aliphatic carbocycles. The van der Waals surface area contributed by atoms with E-state index in [9.17, 15) is 0 Å². The van der Waals surface area contributed by atoms with Gasteiger partial charge in [0, 0.05) is 6.07 Å². The largest absolute Gasteiger partial charge is 0.497 e. The molecule has 1 aromatic heterocycles. The Hall–Kier alpha value is -2.22. The van der Waals surface area contributed by atoms with Crippen molar-refractivity contribution in [1.29, 1.82) is 0 Å². The minimum atomic E-state index is -4.94. The maximum atomic E-state index is 8.49. The Labute approximate surface area is 260 Å². The molecule has 0 radical (unpaired) electrons. The molecule has 3 aromatic rings. The van der Waals surface area contributed by atoms with Crippen LogP contribution in [0.1, 0.15) is 126 Å². The molecule has 43 heavy (non-hydrogen) atoms. The molecule has 0 unspecified atom stereocenters. The number of halogens is 1. The van der Waals surface area contributed by atoms with Crippen molar-refractivity contribution in [3.8, 4) is 17.1 Å². The summed E-state index contributed by atoms with van der Waals surface area (Å²) in [6.45, 7) is 2.30. The molecular formula is C36H51ClO6. The van der Waals surface area contributed by atoms with Gasteiger partial charge in [0.05, 0.1) is 23.6 Å². The molecular weight excluding hydrogens is 564 g/mol. The molecule has 2 aromatic carbocycles. The lowest BCUT2D eigenvalue weighted by Crippen LogP contribution is -2.68. The monoisotopic (exact) mass is 614 g/mol. The predicted molar refractivity (Wildman–Crippen MR) is 163 cm³/mol. The average Bonchev–Trinajstić information content (AvgIpc) is 2.99. The van der Waals surface area contributed by atoms with Gasteiger partial charge in [0.2, 0.25) is 0 Å². The molecule has 0 saturated carbocycles. The molecule has 238 valence electrons. The lowest BCUT2D eigenvalue weighted by molar-refractivity contribution is -2.00. The first-order chi connectivity index (χ1) is 20.8. The molecule has 4 rings (SSSR count). The normalized spacial score (nSPS) is 12.4. The maximum absolute atomic E-state index is 8.49. The molecule has 0 atom stereocenters. The molecule has 0 bridgehead atoms. The molecule has 0 amide bonds. The minimum absolute atomic E-state index is 0.932. The average molecular weight is 615 g/mol. The lowest BCUT2D eigenvalue weighted by atomic mass is 9.85. The van der Waals surface area contributed by atoms with E-state index in [0.717, 1.165) is 36.4 Å². The molecule has 6 nitrogen and oxygen atoms in total. The first-order valence-corrected chi connectivity index (χ1v) is 17.7. The van der Waals surface area contributed by atoms with E-state index < -0.39 is 10.2 Å². The van der Waals surface area contributed by atoms with E-state index in [0.29, 0.717) is 0 Å². The zero-order valence-corrected chi connectivity index (χ0v) is 27.1. The van der Waals surface area contributed by atoms with Crippen molar-refractivity contribution in [1.82, 2.24) is 0 Å². The number of para-hydroxylation sites is 1. The summed E-state index contributed by atoms with van der Waals surface area (Å²) in [5, 5.41) is 1.31. The number of unbranched alkanes of at least 4 members (excludes halogenated alkanes) is 15. The van der Waals surface area contributed by atoms with Crippen LogP contribution < -0.4 is 23.4 Å². The van der Waals surface area contributed by atoms with Crippen LogP contribution >= 0.6 is 0 Å². The summed E-state index contributed by atoms with van der Waals surface area (Å²) >= 11 is 0. The minimum Gasteiger partial charge on any atom is -0.497 e. The van der Waals surface area contributed by atoms with Crippen LogP contribution in [0.3, 0.4) is 0 Å². The van der Waals surface area contributed by atoms with Gasteiger partial charge in [-0.25, -0.2) is 23.1 Å². The van der Waals surface area contributed by atoms with Crippen molar-refractivity contribution in [2.24, 2.45) is 0 Å². The summed E-state index contributed by atoms with van der Waals surface area (Å²) in [5.41, 5.74) is 6.55. The summed E-state index contributed by atoms with van der Waals surface area (Å²) in [6, 6.07) is 15.1. The fraction of sp³-hybridized carbons (Fsp3) is 0.583. The van der Waals surface area contributed by atoms with E-state index in [1.807, 2.05) is 0 Å². The summed E-state index contributed by atoms with van der Waals surface area (Å²) < 4.78 is 46.0. The number of hydrogen-bond acceptors (Lipinski definition) is 5. The number of rotatable bonds is 18. The van der Waals surface area contributed by atoms with Gasteiger partial charge in [-0.05, 0) is 61.1 Å². The zero-order chi connectivity index (χ0) is 30.9. The van der Waals surface area contributed by atoms with Gasteiger partial charge in [0.1, 0.15) is 5.75 Å². The Bertz CT molecular complexity index is 1220. The summed E-state index contributed by atoms with van der Waals surface area (Å²) in [6.07, 6.45) is 25.9. The van der Waals surface area contributed by atoms with Crippen LogP contribution in [0.15, 0.2) is 46.9 Å². The quantitative estimate of drug-likeness (QED) is 0.119. The first kappa shape index (κ1) is 35.3. The number of methoxy groups -OCH3 is 1. The number of fused-ring (bicyclic) bond motifs is 4. The second-order valence-electron chi connectivity index (χ2n) is 11.8. The van der Waals surface area contributed by atoms with Gasteiger partial charge in [-0.1, -0.05) is 115 Å². The van der Waals surface area contributed by atoms with Gasteiger partial charge in [0.25, 0.3) is 0 Å². The van der Waals surface area contributed by atoms with Crippen LogP contribution in [-0.4, -0.2) is 7.11 Å². The number of aryl methyl sites for hydroxylation is 2. The first-order valence-electron chi connectivity index (χ1n) is 16.5. The van der Waals surface area contributed by atoms with E-state index in [2.05, 4.69) is 49.4 Å². The maximum Gasteiger partial charge on any atom is 0.364 e. The predicted octanol–water partition coefficient (Wildman–Crippen LogP) is 6.54. The third kappa shape index (κ3) is 12.7. The van der Waals surface area contributed by atoms with Crippen molar-refractivity contribution in [3.63, 3.8) is 0 Å². The zero-order valence-electron chi connectivity index (χ0n) is 26.3. The molecule has 7 heteroatoms. The highest BCUT2D eigenvalue weighted by Gasteiger charge is 2.31. The van der Waals surface area contributed by atoms with Gasteiger partial charge in [-0.15, -0.1) is 10.2 Å². The van der Waals surface area contributed by atoms with Crippen molar-refractivity contribution in [2.45, 2.75) is 129 Å². The van der Waals surface area contributed by atoms with Crippen molar-refractivity contribution in [2.75, 3.05) is 7.11 Å². The Kier molecular flexibility index (Phi) is 15.8. The highest BCUT2D eigenvalue weighted by molar-refractivity contribution is 5.86. The van der Waals surface area contributed by atoms with Crippen molar-refractivity contribution in [3.05, 3.63) is 59.2 Å². The van der Waals surface area contributed by atoms with Gasteiger partial charge in [-0.3, -0.25) is 0 Å². The highest BCUT2D eigenvalue weighted by atomic mass is 35.7. The Morgan fingerprint density at radius 2 is 1.23 bits per heavy atom. The van der Waals surface area contributed by atoms with Crippen LogP contribution in [0.4, 0.5) is 0 Å². The molecule has 1 aliphatic rings. The Balaban J connectivity index is 0.000000934. The van der Waals surface area contributed by atoms with E-state index in [1.165, 1.54) is 130 Å². The highest BCUT2D eigenvalue weighted by Crippen LogP contribution is 2.40. The van der Waals surface area contributed by atoms with Crippen molar-refractivity contribution < 1.29 is 38.0 Å². The third-order valence-electron chi connectivity index (χ3n) is 8.54. The molecule has 0 saturated heterocycles. The van der Waals surface area contributed by atoms with Gasteiger partial charge < -0.3 is 4.74 Å². The summed E-state index contributed by atoms with van der Waals surface area (Å²) in [7, 11) is -3.20. The second-order valence-corrected chi connectivity index (χ2v) is 12.6. The fourth-order valence-corrected chi connectivity index (χ4v) is 6.28. The molecule has 0 fully saturated rings. The Morgan fingerprint density at radius 1 is 0.698 bits per heavy atom. The van der Waals surface area contributed by atoms with Crippen LogP contribution in [0.25, 0.3) is 22.3 Å². The van der Waals surface area contributed by atoms with Crippen LogP contribution in [0.2, 0.25) is 0 Å². The molecule has 0 N–H and O–H groups in total. The number of ether oxygens (including phenoxy) is 1. The number of benzene rings is 2. The Morgan fingerprint density at radius 3 is 1.79 bits per heavy atom. The molecule has 0 aliphatic heterocycles. The standard InChI is InChI=1S/C36H51O2.ClHO4/c1-3-4-5-6-7-8-9-10-11-12-13-14-15-16-17-18-21-32-33-22-19-20-23-35(33)38-36-31-27-25-30(37-2)28-29(31)24-26-34(32)36;2-1(3,4)5/h19-20,22-23,25,27-28H,3-18,21,24,26H2,1-2H3;(H,2,3,4,5)/q+1;/p-1. The van der Waals surface area contributed by atoms with Crippen molar-refractivity contribution >= 4 is 11.0 Å². The number of hydrogen-bond donors (Lipinski definition) is 0. The third-order valence-corrected chi connectivity index (χ3v) is 8.54. The molecule has 0 spiro atoms. The summed E-state index contributed by atoms with van der Waals surface area (Å²) in [5.74, 6) is 2.01. The smallest absolute Gasteiger partial charge is 0.364 e. The van der Waals surface area contributed by atoms with E-state index in [1.54, 1.807) is 7.11 Å². The SMILES string of the molecule is CCCCCCCCCCCCCCCCCCc1c2c([o+]c3ccccc13)-c1ccc(OC)cc1CC2.[O-][Cl+3]([O-])([O-])[O-]. The van der Waals surface area contributed by atoms with Crippen LogP contribution in [0.5, 0.6) is 5.75 Å². The molecule has 1 heterocycles. The fourth-order valence-electron chi connectivity index (χ4n) is 6.28. The van der Waals surface area contributed by atoms with Crippen LogP contribution in [0, 0.1) is 10.2 Å². The van der Waals surface area contributed by atoms with Crippen LogP contribution in [-0.2, 0) is 19.3 Å². The van der Waals surface area contributed by atoms with E-state index >= 15 is 0 Å². The van der Waals surface area contributed by atoms with Gasteiger partial charge in [-0.2, -0.15) is 0 Å². The lowest BCUT2D eigenvalue weighted by Gasteiger charge is -2.17. The topological polar surface area (TPSA) is 113 Å². The van der Waals surface area contributed by atoms with E-state index in [4.69, 9.17) is 27.8 Å².